The van der Waals surface area contributed by atoms with Crippen molar-refractivity contribution in [2.24, 2.45) is 0 Å². The fourth-order valence-corrected chi connectivity index (χ4v) is 9.20. The van der Waals surface area contributed by atoms with Crippen molar-refractivity contribution in [3.8, 4) is 0 Å². The van der Waals surface area contributed by atoms with E-state index >= 15 is 0 Å². The molecule has 0 spiro atoms. The molecule has 0 saturated heterocycles. The summed E-state index contributed by atoms with van der Waals surface area (Å²) in [6.07, 6.45) is 18.8. The molecule has 0 N–H and O–H groups in total. The Bertz CT molecular complexity index is 3050. The smallest absolute Gasteiger partial charge is 0 e. The molecule has 9 aromatic rings. The quantitative estimate of drug-likeness (QED) is 0.0545. The first-order valence-electron chi connectivity index (χ1n) is 25.7. The van der Waals surface area contributed by atoms with Gasteiger partial charge < -0.3 is 0 Å². The third kappa shape index (κ3) is 31.4. The molecule has 0 heterocycles. The van der Waals surface area contributed by atoms with Gasteiger partial charge in [-0.2, -0.15) is 0 Å². The van der Waals surface area contributed by atoms with E-state index in [-0.39, 0.29) is 151 Å². The summed E-state index contributed by atoms with van der Waals surface area (Å²) in [7, 11) is 0. The second-order valence-electron chi connectivity index (χ2n) is 18.9. The van der Waals surface area contributed by atoms with Crippen LogP contribution in [0.5, 0.6) is 0 Å². The molecule has 0 nitrogen and oxygen atoms in total. The van der Waals surface area contributed by atoms with Crippen LogP contribution in [-0.2, 0) is 149 Å². The summed E-state index contributed by atoms with van der Waals surface area (Å²) in [5, 5.41) is 8.18. The van der Waals surface area contributed by atoms with Crippen molar-refractivity contribution in [1.29, 1.82) is 0 Å². The third-order valence-corrected chi connectivity index (χ3v) is 12.9. The zero-order valence-electron chi connectivity index (χ0n) is 46.1. The van der Waals surface area contributed by atoms with Gasteiger partial charge in [-0.05, 0) is 120 Å². The maximum absolute atomic E-state index is 3.70. The van der Waals surface area contributed by atoms with Gasteiger partial charge in [0.25, 0.3) is 0 Å². The Labute approximate surface area is 618 Å². The second kappa shape index (κ2) is 47.3. The number of hydrogen-bond donors (Lipinski definition) is 0. The van der Waals surface area contributed by atoms with Crippen LogP contribution in [0, 0.1) is 40.5 Å². The summed E-state index contributed by atoms with van der Waals surface area (Å²) in [5.41, 5.74) is 12.4. The van der Waals surface area contributed by atoms with Crippen LogP contribution in [0.1, 0.15) is 123 Å². The molecule has 0 bridgehead atoms. The molecule has 4 radical (unpaired) electrons. The van der Waals surface area contributed by atoms with Crippen molar-refractivity contribution in [3.05, 3.63) is 282 Å². The van der Waals surface area contributed by atoms with E-state index in [2.05, 4.69) is 333 Å². The van der Waals surface area contributed by atoms with Crippen LogP contribution in [0.15, 0.2) is 219 Å². The number of fused-ring (bicyclic) bond motifs is 3. The maximum Gasteiger partial charge on any atom is 0 e. The molecule has 0 aliphatic carbocycles. The van der Waals surface area contributed by atoms with Crippen molar-refractivity contribution >= 4 is 98.3 Å². The predicted molar refractivity (Wildman–Crippen MR) is 361 cm³/mol. The fourth-order valence-electron chi connectivity index (χ4n) is 9.20. The van der Waals surface area contributed by atoms with Gasteiger partial charge in [-0.25, -0.2) is 37.6 Å². The molecule has 0 saturated carbocycles. The van der Waals surface area contributed by atoms with Gasteiger partial charge in [0.15, 0.2) is 0 Å². The Balaban J connectivity index is 0. The molecule has 79 heavy (non-hydrogen) atoms. The van der Waals surface area contributed by atoms with E-state index in [0.29, 0.717) is 11.8 Å². The van der Waals surface area contributed by atoms with E-state index in [1.165, 1.54) is 108 Å². The zero-order chi connectivity index (χ0) is 52.2. The van der Waals surface area contributed by atoms with Gasteiger partial charge in [-0.1, -0.05) is 270 Å². The van der Waals surface area contributed by atoms with E-state index in [1.807, 2.05) is 6.08 Å². The van der Waals surface area contributed by atoms with E-state index in [9.17, 15) is 0 Å². The molecular weight excluding hydrogens is 1640 g/mol. The second-order valence-corrected chi connectivity index (χ2v) is 54.3. The average molecular weight is 1720 g/mol. The standard InChI is InChI=1S/C23H26.C23H23.C15H15.C8H10.2CH4.3HI.V.4Y/c2*1-18-9-7-12-20(17-18)11-4-3-10-19(2)22-16-8-14-21-13-5-6-15-23(21)22;1-2-3-4-8-13-10-7-11-14-9-5-6-12-15(13)14;1-7-4-3-5-8(2)6-7;;;;;;;;;;/h5-9,12-17,19H,3-4,10-11H2,1-2H3;3-9,11-17,19H,10H2,1-2H3;2-3,5-7,9-12H,1,4,8H2;3-6H,1-2H3;2*1H4;3*1H;;;;;/q;2*-1;;;;;;;+3;;;;/p-3/b;11-4+;;;;;;;;;;;;. The third-order valence-electron chi connectivity index (χ3n) is 12.9. The molecule has 9 aromatic carbocycles. The maximum atomic E-state index is 3.70. The normalized spacial score (nSPS) is 10.6. The molecule has 0 amide bonds. The minimum Gasteiger partial charge on any atom is 0 e. The Morgan fingerprint density at radius 2 is 0.899 bits per heavy atom. The number of aryl methyl sites for hydroxylation is 6. The summed E-state index contributed by atoms with van der Waals surface area (Å²) in [5.74, 6) is 1.14. The Morgan fingerprint density at radius 3 is 1.41 bits per heavy atom. The number of benzene rings is 9. The van der Waals surface area contributed by atoms with Gasteiger partial charge in [-0.3, -0.25) is 0 Å². The Kier molecular flexibility index (Phi) is 48.7. The zero-order valence-corrected chi connectivity index (χ0v) is 65.4. The van der Waals surface area contributed by atoms with Gasteiger partial charge in [0.05, 0.1) is 0 Å². The number of allylic oxidation sites excluding steroid dienone is 2. The van der Waals surface area contributed by atoms with Crippen LogP contribution in [0.4, 0.5) is 0 Å². The van der Waals surface area contributed by atoms with E-state index in [1.54, 1.807) is 0 Å². The molecule has 0 aromatic heterocycles. The molecule has 0 fully saturated rings. The molecule has 2 atom stereocenters. The van der Waals surface area contributed by atoms with E-state index in [4.69, 9.17) is 0 Å². The van der Waals surface area contributed by atoms with Crippen molar-refractivity contribution in [2.45, 2.75) is 113 Å². The summed E-state index contributed by atoms with van der Waals surface area (Å²) < 4.78 is 0. The van der Waals surface area contributed by atoms with Crippen LogP contribution >= 0.6 is 59.9 Å². The van der Waals surface area contributed by atoms with Crippen LogP contribution in [0.2, 0.25) is 0 Å². The largest absolute Gasteiger partial charge is 0 e. The molecule has 0 aliphatic rings. The van der Waals surface area contributed by atoms with Crippen LogP contribution < -0.4 is 0 Å². The number of halogens is 3. The molecule has 9 rings (SSSR count). The van der Waals surface area contributed by atoms with Crippen molar-refractivity contribution in [3.63, 3.8) is 0 Å². The summed E-state index contributed by atoms with van der Waals surface area (Å²) in [6, 6.07) is 71.7. The van der Waals surface area contributed by atoms with E-state index < -0.39 is 0 Å². The van der Waals surface area contributed by atoms with Gasteiger partial charge in [0, 0.05) is 131 Å². The Morgan fingerprint density at radius 1 is 0.468 bits per heavy atom. The topological polar surface area (TPSA) is 0 Å². The minimum atomic E-state index is -0.278. The molecular formula is C71H82I3VY4-2. The van der Waals surface area contributed by atoms with Gasteiger partial charge in [-0.15, -0.1) is 5.56 Å². The molecule has 8 heteroatoms. The predicted octanol–water partition coefficient (Wildman–Crippen LogP) is 23.6. The SMILES string of the molecule is C.C.C=C[CH-]CCc1cccc2ccccc12.Cc1cccc(/C=C/[CH-]CC(C)c2cccc3ccccc23)c1.Cc1cccc(C)c1.Cc1cccc(CCCCC(C)c2cccc3ccccc23)c1.[I][V]([I])[I].[Y].[Y].[Y].[Y]. The van der Waals surface area contributed by atoms with Gasteiger partial charge in [0.2, 0.25) is 0 Å². The Hall–Kier alpha value is 0.170. The number of rotatable bonds is 15. The monoisotopic (exact) mass is 1720 g/mol. The van der Waals surface area contributed by atoms with Gasteiger partial charge in [0.1, 0.15) is 0 Å². The van der Waals surface area contributed by atoms with Crippen molar-refractivity contribution in [2.75, 3.05) is 0 Å². The number of hydrogen-bond acceptors (Lipinski definition) is 0. The number of unbranched alkanes of at least 4 members (excludes halogenated alkanes) is 2. The summed E-state index contributed by atoms with van der Waals surface area (Å²) in [4.78, 5) is -0.278. The summed E-state index contributed by atoms with van der Waals surface area (Å²) in [6.45, 7) is 16.9. The average Bonchev–Trinajstić information content (AvgIpc) is 3.39. The summed E-state index contributed by atoms with van der Waals surface area (Å²) >= 11 is 7.39. The first kappa shape index (κ1) is 81.2. The first-order valence-corrected chi connectivity index (χ1v) is 39.2. The van der Waals surface area contributed by atoms with Crippen LogP contribution in [0.25, 0.3) is 38.4 Å². The van der Waals surface area contributed by atoms with Gasteiger partial charge >= 0.3 is 64.9 Å². The fraction of sp³-hybridized carbons (Fsp3) is 0.239. The molecule has 2 unspecified atom stereocenters. The molecule has 406 valence electrons. The van der Waals surface area contributed by atoms with E-state index in [0.717, 1.165) is 19.3 Å². The van der Waals surface area contributed by atoms with Crippen molar-refractivity contribution in [1.82, 2.24) is 0 Å². The van der Waals surface area contributed by atoms with Crippen molar-refractivity contribution < 1.29 is 136 Å². The van der Waals surface area contributed by atoms with Crippen LogP contribution in [-0.4, -0.2) is 0 Å². The van der Waals surface area contributed by atoms with Crippen LogP contribution in [0.3, 0.4) is 0 Å². The molecule has 0 aliphatic heterocycles. The first-order chi connectivity index (χ1) is 35.4. The minimum absolute atomic E-state index is 0.